The van der Waals surface area contributed by atoms with E-state index in [2.05, 4.69) is 16.1 Å². The third-order valence-corrected chi connectivity index (χ3v) is 6.90. The van der Waals surface area contributed by atoms with Crippen LogP contribution in [0.1, 0.15) is 53.9 Å². The highest BCUT2D eigenvalue weighted by Crippen LogP contribution is 2.31. The fraction of sp³-hybridized carbons (Fsp3) is 0.423. The monoisotopic (exact) mass is 466 g/mol. The summed E-state index contributed by atoms with van der Waals surface area (Å²) >= 11 is 5.98. The molecule has 1 fully saturated rings. The van der Waals surface area contributed by atoms with Crippen LogP contribution in [-0.4, -0.2) is 44.3 Å². The van der Waals surface area contributed by atoms with Crippen LogP contribution in [0.25, 0.3) is 5.69 Å². The second-order valence-corrected chi connectivity index (χ2v) is 9.97. The van der Waals surface area contributed by atoms with Gasteiger partial charge in [-0.1, -0.05) is 17.7 Å². The summed E-state index contributed by atoms with van der Waals surface area (Å²) in [7, 11) is 0. The molecule has 0 aliphatic carbocycles. The van der Waals surface area contributed by atoms with Crippen LogP contribution in [-0.2, 0) is 6.42 Å². The Kier molecular flexibility index (Phi) is 6.59. The van der Waals surface area contributed by atoms with Gasteiger partial charge < -0.3 is 10.0 Å². The molecule has 0 amide bonds. The Morgan fingerprint density at radius 2 is 1.82 bits per heavy atom. The molecule has 0 spiro atoms. The molecule has 0 bridgehead atoms. The zero-order chi connectivity index (χ0) is 23.8. The minimum absolute atomic E-state index is 0.0210. The second kappa shape index (κ2) is 9.27. The molecule has 1 saturated heterocycles. The van der Waals surface area contributed by atoms with E-state index < -0.39 is 5.60 Å². The van der Waals surface area contributed by atoms with Crippen molar-refractivity contribution in [2.75, 3.05) is 18.0 Å². The smallest absolute Gasteiger partial charge is 0.170 e. The number of pyridine rings is 1. The van der Waals surface area contributed by atoms with Crippen molar-refractivity contribution in [2.45, 2.75) is 52.6 Å². The normalized spacial score (nSPS) is 15.2. The SMILES string of the molecule is Cc1cc(CC(=O)c2cnn(-c3ccc(Cl)cc3)c2C)cnc1N1CCC(C(C)(C)O)CC1. The van der Waals surface area contributed by atoms with Gasteiger partial charge in [0.25, 0.3) is 0 Å². The second-order valence-electron chi connectivity index (χ2n) is 9.53. The highest BCUT2D eigenvalue weighted by molar-refractivity contribution is 6.30. The highest BCUT2D eigenvalue weighted by atomic mass is 35.5. The maximum Gasteiger partial charge on any atom is 0.170 e. The molecule has 1 aromatic carbocycles. The molecule has 7 heteroatoms. The van der Waals surface area contributed by atoms with Crippen LogP contribution >= 0.6 is 11.6 Å². The summed E-state index contributed by atoms with van der Waals surface area (Å²) in [4.78, 5) is 20.0. The van der Waals surface area contributed by atoms with Crippen molar-refractivity contribution in [1.82, 2.24) is 14.8 Å². The lowest BCUT2D eigenvalue weighted by molar-refractivity contribution is 0.00645. The largest absolute Gasteiger partial charge is 0.390 e. The standard InChI is InChI=1S/C26H31ClN4O2/c1-17-13-19(15-28-25(17)30-11-9-20(10-12-30)26(3,4)33)14-24(32)23-16-29-31(18(23)2)22-7-5-21(27)6-8-22/h5-8,13,15-16,20,33H,9-12,14H2,1-4H3. The first-order valence-corrected chi connectivity index (χ1v) is 11.8. The first kappa shape index (κ1) is 23.5. The molecular formula is C26H31ClN4O2. The maximum absolute atomic E-state index is 13.0. The van der Waals surface area contributed by atoms with Crippen molar-refractivity contribution in [3.63, 3.8) is 0 Å². The average molecular weight is 467 g/mol. The maximum atomic E-state index is 13.0. The number of aryl methyl sites for hydroxylation is 1. The zero-order valence-electron chi connectivity index (χ0n) is 19.7. The first-order chi connectivity index (χ1) is 15.6. The molecule has 0 saturated carbocycles. The molecular weight excluding hydrogens is 436 g/mol. The summed E-state index contributed by atoms with van der Waals surface area (Å²) in [5.74, 6) is 1.29. The van der Waals surface area contributed by atoms with E-state index in [4.69, 9.17) is 16.6 Å². The number of carbonyl (C=O) groups is 1. The molecule has 1 aliphatic heterocycles. The molecule has 174 valence electrons. The van der Waals surface area contributed by atoms with E-state index in [0.29, 0.717) is 16.5 Å². The summed E-state index contributed by atoms with van der Waals surface area (Å²) in [6.07, 6.45) is 5.61. The quantitative estimate of drug-likeness (QED) is 0.520. The van der Waals surface area contributed by atoms with Crippen LogP contribution in [0.15, 0.2) is 42.7 Å². The number of hydrogen-bond acceptors (Lipinski definition) is 5. The lowest BCUT2D eigenvalue weighted by atomic mass is 9.83. The van der Waals surface area contributed by atoms with Crippen LogP contribution in [0, 0.1) is 19.8 Å². The third-order valence-electron chi connectivity index (χ3n) is 6.65. The van der Waals surface area contributed by atoms with Gasteiger partial charge in [0.2, 0.25) is 0 Å². The van der Waals surface area contributed by atoms with Gasteiger partial charge in [0.05, 0.1) is 28.7 Å². The van der Waals surface area contributed by atoms with E-state index in [9.17, 15) is 9.90 Å². The van der Waals surface area contributed by atoms with Crippen molar-refractivity contribution >= 4 is 23.2 Å². The molecule has 0 atom stereocenters. The van der Waals surface area contributed by atoms with Gasteiger partial charge in [0.15, 0.2) is 5.78 Å². The van der Waals surface area contributed by atoms with Crippen molar-refractivity contribution in [3.05, 3.63) is 70.1 Å². The number of Topliss-reactive ketones (excluding diaryl/α,β-unsaturated/α-hetero) is 1. The average Bonchev–Trinajstić information content (AvgIpc) is 3.15. The van der Waals surface area contributed by atoms with Crippen LogP contribution in [0.3, 0.4) is 0 Å². The van der Waals surface area contributed by atoms with E-state index in [1.54, 1.807) is 17.1 Å². The number of ketones is 1. The number of piperidine rings is 1. The summed E-state index contributed by atoms with van der Waals surface area (Å²) < 4.78 is 1.76. The van der Waals surface area contributed by atoms with Gasteiger partial charge in [0.1, 0.15) is 5.82 Å². The molecule has 1 N–H and O–H groups in total. The summed E-state index contributed by atoms with van der Waals surface area (Å²) in [5.41, 5.74) is 3.60. The van der Waals surface area contributed by atoms with Crippen LogP contribution < -0.4 is 4.90 Å². The summed E-state index contributed by atoms with van der Waals surface area (Å²) in [5, 5.41) is 15.4. The highest BCUT2D eigenvalue weighted by Gasteiger charge is 2.31. The van der Waals surface area contributed by atoms with E-state index in [-0.39, 0.29) is 12.2 Å². The van der Waals surface area contributed by atoms with E-state index in [1.165, 1.54) is 0 Å². The van der Waals surface area contributed by atoms with Gasteiger partial charge >= 0.3 is 0 Å². The van der Waals surface area contributed by atoms with Gasteiger partial charge in [-0.2, -0.15) is 5.10 Å². The van der Waals surface area contributed by atoms with E-state index in [0.717, 1.165) is 54.3 Å². The lowest BCUT2D eigenvalue weighted by Crippen LogP contribution is -2.42. The predicted octanol–water partition coefficient (Wildman–Crippen LogP) is 4.95. The molecule has 4 rings (SSSR count). The Balaban J connectivity index is 1.44. The fourth-order valence-electron chi connectivity index (χ4n) is 4.66. The number of aromatic nitrogens is 3. The van der Waals surface area contributed by atoms with Crippen molar-refractivity contribution in [1.29, 1.82) is 0 Å². The number of anilines is 1. The number of aliphatic hydroxyl groups is 1. The molecule has 2 aromatic heterocycles. The molecule has 0 unspecified atom stereocenters. The lowest BCUT2D eigenvalue weighted by Gasteiger charge is -2.38. The molecule has 1 aliphatic rings. The Hall–Kier alpha value is -2.70. The number of rotatable bonds is 6. The van der Waals surface area contributed by atoms with Crippen molar-refractivity contribution < 1.29 is 9.90 Å². The molecule has 3 aromatic rings. The van der Waals surface area contributed by atoms with Gasteiger partial charge in [-0.25, -0.2) is 9.67 Å². The van der Waals surface area contributed by atoms with Gasteiger partial charge in [-0.15, -0.1) is 0 Å². The van der Waals surface area contributed by atoms with Crippen molar-refractivity contribution in [3.8, 4) is 5.69 Å². The molecule has 6 nitrogen and oxygen atoms in total. The predicted molar refractivity (Wildman–Crippen MR) is 132 cm³/mol. The van der Waals surface area contributed by atoms with Crippen LogP contribution in [0.5, 0.6) is 0 Å². The Morgan fingerprint density at radius 1 is 1.15 bits per heavy atom. The van der Waals surface area contributed by atoms with Gasteiger partial charge in [-0.3, -0.25) is 4.79 Å². The number of benzene rings is 1. The van der Waals surface area contributed by atoms with Gasteiger partial charge in [-0.05, 0) is 81.8 Å². The zero-order valence-corrected chi connectivity index (χ0v) is 20.4. The molecule has 3 heterocycles. The Morgan fingerprint density at radius 3 is 2.42 bits per heavy atom. The Labute approximate surface area is 200 Å². The fourth-order valence-corrected chi connectivity index (χ4v) is 4.78. The minimum Gasteiger partial charge on any atom is -0.390 e. The Bertz CT molecular complexity index is 1140. The van der Waals surface area contributed by atoms with Crippen LogP contribution in [0.4, 0.5) is 5.82 Å². The third kappa shape index (κ3) is 5.12. The summed E-state index contributed by atoms with van der Waals surface area (Å²) in [6, 6.07) is 9.44. The topological polar surface area (TPSA) is 71.2 Å². The minimum atomic E-state index is -0.641. The van der Waals surface area contributed by atoms with Crippen molar-refractivity contribution in [2.24, 2.45) is 5.92 Å². The number of hydrogen-bond donors (Lipinski definition) is 1. The number of carbonyl (C=O) groups excluding carboxylic acids is 1. The number of halogens is 1. The van der Waals surface area contributed by atoms with E-state index >= 15 is 0 Å². The van der Waals surface area contributed by atoms with E-state index in [1.807, 2.05) is 52.0 Å². The summed E-state index contributed by atoms with van der Waals surface area (Å²) in [6.45, 7) is 9.49. The van der Waals surface area contributed by atoms with Gasteiger partial charge in [0, 0.05) is 30.7 Å². The molecule has 33 heavy (non-hydrogen) atoms. The van der Waals surface area contributed by atoms with Crippen LogP contribution in [0.2, 0.25) is 5.02 Å². The first-order valence-electron chi connectivity index (χ1n) is 11.4. The number of nitrogens with zero attached hydrogens (tertiary/aromatic N) is 4. The molecule has 0 radical (unpaired) electrons.